The van der Waals surface area contributed by atoms with Crippen molar-refractivity contribution in [2.24, 2.45) is 0 Å². The maximum atomic E-state index is 13.0. The molecule has 2 aromatic carbocycles. The van der Waals surface area contributed by atoms with Gasteiger partial charge in [-0.3, -0.25) is 24.1 Å². The third-order valence-electron chi connectivity index (χ3n) is 5.65. The number of nitrogens with zero attached hydrogens (tertiary/aromatic N) is 2. The van der Waals surface area contributed by atoms with E-state index in [0.717, 1.165) is 37.6 Å². The van der Waals surface area contributed by atoms with E-state index in [0.29, 0.717) is 24.3 Å². The van der Waals surface area contributed by atoms with Gasteiger partial charge in [-0.1, -0.05) is 45.8 Å². The summed E-state index contributed by atoms with van der Waals surface area (Å²) < 4.78 is 7.59. The summed E-state index contributed by atoms with van der Waals surface area (Å²) in [6.45, 7) is 2.50. The van der Waals surface area contributed by atoms with Crippen LogP contribution in [0.4, 0.5) is 4.79 Å². The zero-order chi connectivity index (χ0) is 25.8. The minimum atomic E-state index is -0.515. The number of ketones is 1. The molecule has 4 rings (SSSR count). The molecule has 1 fully saturated rings. The van der Waals surface area contributed by atoms with Gasteiger partial charge in [0.05, 0.1) is 18.1 Å². The molecule has 0 aliphatic carbocycles. The van der Waals surface area contributed by atoms with Crippen LogP contribution in [-0.2, 0) is 20.9 Å². The lowest BCUT2D eigenvalue weighted by molar-refractivity contribution is -0.123. The van der Waals surface area contributed by atoms with Crippen LogP contribution in [0.5, 0.6) is 0 Å². The van der Waals surface area contributed by atoms with Crippen molar-refractivity contribution in [1.82, 2.24) is 14.8 Å². The number of thioether (sulfide) groups is 1. The highest BCUT2D eigenvalue weighted by Crippen LogP contribution is 2.35. The van der Waals surface area contributed by atoms with Crippen molar-refractivity contribution < 1.29 is 23.9 Å². The van der Waals surface area contributed by atoms with Crippen molar-refractivity contribution in [3.8, 4) is 0 Å². The van der Waals surface area contributed by atoms with E-state index >= 15 is 0 Å². The van der Waals surface area contributed by atoms with Crippen molar-refractivity contribution in [3.05, 3.63) is 74.7 Å². The first kappa shape index (κ1) is 25.9. The first-order valence-electron chi connectivity index (χ1n) is 11.2. The number of hydrogen-bond donors (Lipinski definition) is 1. The molecule has 186 valence electrons. The maximum absolute atomic E-state index is 13.0. The van der Waals surface area contributed by atoms with Crippen LogP contribution in [0.15, 0.2) is 58.0 Å². The number of rotatable bonds is 9. The third-order valence-corrected chi connectivity index (χ3v) is 7.05. The number of imide groups is 1. The molecular weight excluding hydrogens is 546 g/mol. The van der Waals surface area contributed by atoms with Crippen LogP contribution in [-0.4, -0.2) is 59.1 Å². The molecule has 1 N–H and O–H groups in total. The second-order valence-electron chi connectivity index (χ2n) is 8.27. The number of amides is 3. The number of aromatic nitrogens is 1. The van der Waals surface area contributed by atoms with Crippen molar-refractivity contribution in [3.63, 3.8) is 0 Å². The van der Waals surface area contributed by atoms with Gasteiger partial charge in [-0.25, -0.2) is 0 Å². The number of benzene rings is 2. The van der Waals surface area contributed by atoms with Gasteiger partial charge in [0, 0.05) is 46.4 Å². The first-order chi connectivity index (χ1) is 17.3. The third kappa shape index (κ3) is 5.77. The summed E-state index contributed by atoms with van der Waals surface area (Å²) in [4.78, 5) is 51.9. The van der Waals surface area contributed by atoms with Crippen molar-refractivity contribution >= 4 is 67.5 Å². The van der Waals surface area contributed by atoms with Crippen molar-refractivity contribution in [2.75, 3.05) is 26.8 Å². The number of carbonyl (C=O) groups is 4. The molecule has 0 atom stereocenters. The minimum absolute atomic E-state index is 0.0855. The lowest BCUT2D eigenvalue weighted by Gasteiger charge is -2.11. The van der Waals surface area contributed by atoms with Crippen LogP contribution >= 0.6 is 27.7 Å². The number of ether oxygens (including phenoxy) is 1. The lowest BCUT2D eigenvalue weighted by atomic mass is 10.1. The highest BCUT2D eigenvalue weighted by Gasteiger charge is 2.36. The largest absolute Gasteiger partial charge is 0.383 e. The van der Waals surface area contributed by atoms with Crippen molar-refractivity contribution in [2.45, 2.75) is 13.5 Å². The molecule has 3 amide bonds. The Balaban J connectivity index is 1.58. The smallest absolute Gasteiger partial charge is 0.293 e. The van der Waals surface area contributed by atoms with E-state index in [1.165, 1.54) is 0 Å². The molecule has 0 spiro atoms. The zero-order valence-corrected chi connectivity index (χ0v) is 22.1. The summed E-state index contributed by atoms with van der Waals surface area (Å²) in [5, 5.41) is 3.12. The predicted octanol–water partition coefficient (Wildman–Crippen LogP) is 4.39. The van der Waals surface area contributed by atoms with Crippen LogP contribution in [0.25, 0.3) is 17.0 Å². The molecular formula is C26H24BrN3O5S. The Kier molecular flexibility index (Phi) is 8.07. The highest BCUT2D eigenvalue weighted by atomic mass is 79.9. The minimum Gasteiger partial charge on any atom is -0.383 e. The van der Waals surface area contributed by atoms with E-state index in [-0.39, 0.29) is 29.7 Å². The Morgan fingerprint density at radius 3 is 2.58 bits per heavy atom. The summed E-state index contributed by atoms with van der Waals surface area (Å²) >= 11 is 4.27. The Labute approximate surface area is 220 Å². The molecule has 0 bridgehead atoms. The summed E-state index contributed by atoms with van der Waals surface area (Å²) in [6.07, 6.45) is 3.41. The number of Topliss-reactive ketones (excluding diaryl/α,β-unsaturated/α-hetero) is 1. The molecule has 1 aromatic heterocycles. The van der Waals surface area contributed by atoms with Crippen LogP contribution in [0, 0.1) is 6.92 Å². The molecule has 1 saturated heterocycles. The number of carbonyl (C=O) groups excluding carboxylic acids is 4. The van der Waals surface area contributed by atoms with E-state index in [1.807, 2.05) is 37.3 Å². The summed E-state index contributed by atoms with van der Waals surface area (Å²) in [5.74, 6) is -0.995. The Bertz CT molecular complexity index is 1380. The Hall–Kier alpha value is -3.21. The second-order valence-corrected chi connectivity index (χ2v) is 10.2. The molecule has 1 aliphatic heterocycles. The average molecular weight is 570 g/mol. The molecule has 0 unspecified atom stereocenters. The van der Waals surface area contributed by atoms with Gasteiger partial charge in [0.1, 0.15) is 6.54 Å². The fraction of sp³-hybridized carbons (Fsp3) is 0.231. The number of nitrogens with one attached hydrogen (secondary N) is 1. The van der Waals surface area contributed by atoms with E-state index in [9.17, 15) is 19.2 Å². The monoisotopic (exact) mass is 569 g/mol. The molecule has 10 heteroatoms. The van der Waals surface area contributed by atoms with Gasteiger partial charge >= 0.3 is 0 Å². The SMILES string of the molecule is COCCNC(=O)Cn1cc(/C=C2\SC(=O)N(CC(=O)c3ccc(C)cc3)C2=O)c2cc(Br)ccc21. The standard InChI is InChI=1S/C26H24BrN3O5S/c1-16-3-5-17(6-4-16)22(31)14-30-25(33)23(36-26(30)34)11-18-13-29(15-24(32)28-9-10-35-2)21-8-7-19(27)12-20(18)21/h3-8,11-13H,9-10,14-15H2,1-2H3,(H,28,32)/b23-11-. The predicted molar refractivity (Wildman–Crippen MR) is 143 cm³/mol. The van der Waals surface area contributed by atoms with Gasteiger partial charge in [0.25, 0.3) is 11.1 Å². The topological polar surface area (TPSA) is 97.7 Å². The van der Waals surface area contributed by atoms with E-state index in [2.05, 4.69) is 21.2 Å². The average Bonchev–Trinajstić information content (AvgIpc) is 3.30. The zero-order valence-electron chi connectivity index (χ0n) is 19.7. The molecule has 0 saturated carbocycles. The Morgan fingerprint density at radius 2 is 1.86 bits per heavy atom. The maximum Gasteiger partial charge on any atom is 0.293 e. The van der Waals surface area contributed by atoms with Gasteiger partial charge in [-0.15, -0.1) is 0 Å². The second kappa shape index (κ2) is 11.2. The first-order valence-corrected chi connectivity index (χ1v) is 12.8. The normalized spacial score (nSPS) is 14.8. The number of methoxy groups -OCH3 is 1. The molecule has 1 aliphatic rings. The van der Waals surface area contributed by atoms with Gasteiger partial charge < -0.3 is 14.6 Å². The molecule has 3 aromatic rings. The van der Waals surface area contributed by atoms with Crippen molar-refractivity contribution in [1.29, 1.82) is 0 Å². The van der Waals surface area contributed by atoms with Crippen LogP contribution < -0.4 is 5.32 Å². The molecule has 8 nitrogen and oxygen atoms in total. The van der Waals surface area contributed by atoms with Gasteiger partial charge in [0.2, 0.25) is 5.91 Å². The van der Waals surface area contributed by atoms with Crippen LogP contribution in [0.2, 0.25) is 0 Å². The highest BCUT2D eigenvalue weighted by molar-refractivity contribution is 9.10. The fourth-order valence-electron chi connectivity index (χ4n) is 3.80. The van der Waals surface area contributed by atoms with Gasteiger partial charge in [-0.2, -0.15) is 0 Å². The lowest BCUT2D eigenvalue weighted by Crippen LogP contribution is -2.33. The van der Waals surface area contributed by atoms with E-state index < -0.39 is 11.1 Å². The van der Waals surface area contributed by atoms with E-state index in [4.69, 9.17) is 4.74 Å². The summed E-state index contributed by atoms with van der Waals surface area (Å²) in [5.41, 5.74) is 2.95. The fourth-order valence-corrected chi connectivity index (χ4v) is 4.99. The number of hydrogen-bond acceptors (Lipinski definition) is 6. The summed E-state index contributed by atoms with van der Waals surface area (Å²) in [6, 6.07) is 12.6. The van der Waals surface area contributed by atoms with Crippen LogP contribution in [0.1, 0.15) is 21.5 Å². The summed E-state index contributed by atoms with van der Waals surface area (Å²) in [7, 11) is 1.57. The van der Waals surface area contributed by atoms with Crippen LogP contribution in [0.3, 0.4) is 0 Å². The molecule has 0 radical (unpaired) electrons. The number of aryl methyl sites for hydroxylation is 1. The quantitative estimate of drug-likeness (QED) is 0.233. The van der Waals surface area contributed by atoms with Gasteiger partial charge in [-0.05, 0) is 43.0 Å². The van der Waals surface area contributed by atoms with E-state index in [1.54, 1.807) is 36.1 Å². The molecule has 2 heterocycles. The van der Waals surface area contributed by atoms with Gasteiger partial charge in [0.15, 0.2) is 5.78 Å². The number of fused-ring (bicyclic) bond motifs is 1. The number of halogens is 1. The molecule has 36 heavy (non-hydrogen) atoms. The Morgan fingerprint density at radius 1 is 1.11 bits per heavy atom.